The summed E-state index contributed by atoms with van der Waals surface area (Å²) >= 11 is 1.50. The van der Waals surface area contributed by atoms with Crippen molar-refractivity contribution in [1.82, 2.24) is 30.2 Å². The summed E-state index contributed by atoms with van der Waals surface area (Å²) in [5.41, 5.74) is 4.32. The lowest BCUT2D eigenvalue weighted by Gasteiger charge is -2.30. The number of phosphoric ester groups is 2. The summed E-state index contributed by atoms with van der Waals surface area (Å²) in [6.07, 6.45) is -6.19. The molecule has 1 aliphatic heterocycles. The third kappa shape index (κ3) is 14.1. The van der Waals surface area contributed by atoms with E-state index in [-0.39, 0.29) is 41.6 Å². The minimum absolute atomic E-state index is 0.0303. The van der Waals surface area contributed by atoms with Crippen LogP contribution in [0, 0.1) is 5.41 Å². The Morgan fingerprint density at radius 3 is 2.42 bits per heavy atom. The van der Waals surface area contributed by atoms with E-state index in [0.29, 0.717) is 24.5 Å². The predicted molar refractivity (Wildman–Crippen MR) is 184 cm³/mol. The molecule has 28 heteroatoms. The second-order valence-corrected chi connectivity index (χ2v) is 17.7. The molecule has 1 saturated heterocycles. The number of nitrogen functional groups attached to an aromatic ring is 1. The number of ether oxygens (including phenoxy) is 1. The molecule has 0 spiro atoms. The maximum absolute atomic E-state index is 12.7. The van der Waals surface area contributed by atoms with Gasteiger partial charge in [0.1, 0.15) is 35.9 Å². The molecule has 2 aromatic rings. The molecule has 2 amide bonds. The molecule has 0 bridgehead atoms. The van der Waals surface area contributed by atoms with Crippen LogP contribution in [-0.4, -0.2) is 134 Å². The number of imidazole rings is 1. The SMILES string of the molecule is CC(=O)CCSCCNC(=O)CCNC(=O)[C@H](O)C(C)(C)COP(=O)(O)OP(=O)(O)OC[C@@H]1O[C@H](n2cnc3c(N)ncnc32)[C@H](O)[C@@H]1O[P+](O)(O)O. The van der Waals surface area contributed by atoms with Gasteiger partial charge in [-0.05, 0) is 6.92 Å². The highest BCUT2D eigenvalue weighted by Crippen LogP contribution is 2.61. The van der Waals surface area contributed by atoms with Crippen LogP contribution < -0.4 is 16.4 Å². The van der Waals surface area contributed by atoms with Gasteiger partial charge in [0, 0.05) is 42.9 Å². The Morgan fingerprint density at radius 2 is 1.75 bits per heavy atom. The molecule has 24 nitrogen and oxygen atoms in total. The average molecular weight is 839 g/mol. The topological polar surface area (TPSA) is 367 Å². The number of thioether (sulfide) groups is 1. The molecular formula is C25H43N7O17P3S+. The van der Waals surface area contributed by atoms with Gasteiger partial charge in [0.2, 0.25) is 11.8 Å². The fourth-order valence-corrected chi connectivity index (χ4v) is 8.25. The molecule has 300 valence electrons. The molecule has 0 radical (unpaired) electrons. The van der Waals surface area contributed by atoms with Crippen molar-refractivity contribution in [2.75, 3.05) is 43.5 Å². The predicted octanol–water partition coefficient (Wildman–Crippen LogP) is -1.32. The van der Waals surface area contributed by atoms with Gasteiger partial charge in [-0.1, -0.05) is 13.8 Å². The number of carbonyl (C=O) groups excluding carboxylic acids is 3. The highest BCUT2D eigenvalue weighted by atomic mass is 32.2. The molecule has 1 fully saturated rings. The van der Waals surface area contributed by atoms with E-state index in [1.54, 1.807) is 0 Å². The second-order valence-electron chi connectivity index (χ2n) is 12.2. The first-order valence-electron chi connectivity index (χ1n) is 15.5. The molecule has 3 rings (SSSR count). The number of fused-ring (bicyclic) bond motifs is 1. The quantitative estimate of drug-likeness (QED) is 0.0485. The van der Waals surface area contributed by atoms with Crippen LogP contribution in [0.2, 0.25) is 0 Å². The van der Waals surface area contributed by atoms with Crippen LogP contribution in [0.5, 0.6) is 0 Å². The third-order valence-electron chi connectivity index (χ3n) is 7.25. The number of aromatic nitrogens is 4. The lowest BCUT2D eigenvalue weighted by molar-refractivity contribution is -0.137. The number of phosphoric acid groups is 2. The standard InChI is InChI=1S/C25H42N7O17P3S/c1-14(33)5-8-53-9-7-27-16(34)4-6-28-23(37)20(36)25(2,3)11-46-52(43,44)49-51(41,42)45-10-15-19(48-50(38,39)40)18(35)24(47-15)32-13-31-17-21(26)29-12-30-22(17)32/h12-13,15,18-20,24,35-36,38-40H,4-11H2,1-3H3,(H5-,26,27,28,29,30,34,37,41,42,43,44)/p+1/t15-,18+,19+,20-,24-/m0/s1. The number of rotatable bonds is 22. The Labute approximate surface area is 306 Å². The van der Waals surface area contributed by atoms with Gasteiger partial charge in [0.05, 0.1) is 19.5 Å². The maximum atomic E-state index is 12.7. The van der Waals surface area contributed by atoms with Crippen LogP contribution in [0.4, 0.5) is 5.82 Å². The molecule has 0 aromatic carbocycles. The van der Waals surface area contributed by atoms with Gasteiger partial charge in [0.15, 0.2) is 23.8 Å². The number of hydrogen-bond acceptors (Lipinski definition) is 20. The van der Waals surface area contributed by atoms with Crippen molar-refractivity contribution < 1.29 is 80.8 Å². The summed E-state index contributed by atoms with van der Waals surface area (Å²) < 4.78 is 50.5. The van der Waals surface area contributed by atoms with Gasteiger partial charge in [-0.3, -0.25) is 28.0 Å². The normalized spacial score (nSPS) is 22.2. The highest BCUT2D eigenvalue weighted by Gasteiger charge is 2.54. The summed E-state index contributed by atoms with van der Waals surface area (Å²) in [4.78, 5) is 96.0. The van der Waals surface area contributed by atoms with Crippen molar-refractivity contribution in [2.24, 2.45) is 5.41 Å². The minimum atomic E-state index is -5.54. The number of nitrogens with one attached hydrogen (secondary N) is 2. The number of nitrogens with zero attached hydrogens (tertiary/aromatic N) is 4. The van der Waals surface area contributed by atoms with Gasteiger partial charge >= 0.3 is 23.8 Å². The van der Waals surface area contributed by atoms with Gasteiger partial charge in [-0.15, -0.1) is 4.52 Å². The van der Waals surface area contributed by atoms with Gasteiger partial charge < -0.3 is 41.1 Å². The van der Waals surface area contributed by atoms with E-state index in [0.717, 1.165) is 17.2 Å². The van der Waals surface area contributed by atoms with E-state index >= 15 is 0 Å². The molecule has 0 saturated carbocycles. The van der Waals surface area contributed by atoms with E-state index in [1.807, 2.05) is 0 Å². The van der Waals surface area contributed by atoms with Gasteiger partial charge in [0.25, 0.3) is 0 Å². The average Bonchev–Trinajstić information content (AvgIpc) is 3.60. The third-order valence-corrected chi connectivity index (χ3v) is 11.3. The number of aliphatic hydroxyl groups is 2. The van der Waals surface area contributed by atoms with Crippen molar-refractivity contribution in [2.45, 2.75) is 64.3 Å². The lowest BCUT2D eigenvalue weighted by Crippen LogP contribution is -2.46. The van der Waals surface area contributed by atoms with Crippen LogP contribution in [0.15, 0.2) is 12.7 Å². The summed E-state index contributed by atoms with van der Waals surface area (Å²) in [6.45, 7) is 2.24. The summed E-state index contributed by atoms with van der Waals surface area (Å²) in [7, 11) is -16.1. The number of aliphatic hydroxyl groups excluding tert-OH is 2. The van der Waals surface area contributed by atoms with E-state index in [9.17, 15) is 58.2 Å². The molecule has 2 aromatic heterocycles. The van der Waals surface area contributed by atoms with Gasteiger partial charge in [-0.25, -0.2) is 24.1 Å². The van der Waals surface area contributed by atoms with E-state index < -0.39 is 79.0 Å². The Balaban J connectivity index is 1.51. The Bertz CT molecular complexity index is 1680. The van der Waals surface area contributed by atoms with Crippen molar-refractivity contribution in [3.63, 3.8) is 0 Å². The fourth-order valence-electron chi connectivity index (χ4n) is 4.53. The van der Waals surface area contributed by atoms with Crippen LogP contribution in [0.3, 0.4) is 0 Å². The molecule has 1 aliphatic rings. The summed E-state index contributed by atoms with van der Waals surface area (Å²) in [6, 6.07) is 0. The fraction of sp³-hybridized carbons (Fsp3) is 0.680. The Kier molecular flexibility index (Phi) is 16.2. The molecule has 11 N–H and O–H groups in total. The minimum Gasteiger partial charge on any atom is -0.385 e. The molecule has 7 atom stereocenters. The summed E-state index contributed by atoms with van der Waals surface area (Å²) in [5, 5.41) is 26.4. The maximum Gasteiger partial charge on any atom is 0.567 e. The van der Waals surface area contributed by atoms with Crippen molar-refractivity contribution in [1.29, 1.82) is 0 Å². The molecule has 3 heterocycles. The Hall–Kier alpha value is -2.28. The van der Waals surface area contributed by atoms with Crippen molar-refractivity contribution in [3.05, 3.63) is 12.7 Å². The largest absolute Gasteiger partial charge is 0.567 e. The number of anilines is 1. The summed E-state index contributed by atoms with van der Waals surface area (Å²) in [5.74, 6) is -0.0720. The molecule has 2 unspecified atom stereocenters. The molecule has 53 heavy (non-hydrogen) atoms. The monoisotopic (exact) mass is 838 g/mol. The van der Waals surface area contributed by atoms with Crippen molar-refractivity contribution in [3.8, 4) is 0 Å². The first-order chi connectivity index (χ1) is 24.5. The zero-order valence-corrected chi connectivity index (χ0v) is 32.0. The number of ketones is 1. The smallest absolute Gasteiger partial charge is 0.385 e. The highest BCUT2D eigenvalue weighted by molar-refractivity contribution is 7.99. The van der Waals surface area contributed by atoms with E-state index in [4.69, 9.17) is 24.0 Å². The lowest BCUT2D eigenvalue weighted by atomic mass is 9.87. The van der Waals surface area contributed by atoms with Crippen LogP contribution >= 0.6 is 35.6 Å². The molecule has 0 aliphatic carbocycles. The van der Waals surface area contributed by atoms with Crippen LogP contribution in [0.1, 0.15) is 39.8 Å². The molecular weight excluding hydrogens is 795 g/mol. The zero-order valence-electron chi connectivity index (χ0n) is 28.5. The van der Waals surface area contributed by atoms with Crippen LogP contribution in [0.25, 0.3) is 11.2 Å². The van der Waals surface area contributed by atoms with Crippen LogP contribution in [-0.2, 0) is 46.1 Å². The first kappa shape index (κ1) is 45.1. The number of nitrogens with two attached hydrogens (primary N) is 1. The number of amides is 2. The second kappa shape index (κ2) is 19.0. The number of Topliss-reactive ketones (excluding diaryl/α,β-unsaturated/α-hetero) is 1. The first-order valence-corrected chi connectivity index (χ1v) is 21.2. The van der Waals surface area contributed by atoms with Gasteiger partial charge in [-0.2, -0.15) is 30.8 Å². The number of hydrogen-bond donors (Lipinski definition) is 10. The number of carbonyl (C=O) groups is 3. The zero-order chi connectivity index (χ0) is 39.8. The van der Waals surface area contributed by atoms with E-state index in [2.05, 4.69) is 29.9 Å². The van der Waals surface area contributed by atoms with Crippen molar-refractivity contribution >= 4 is 70.2 Å². The van der Waals surface area contributed by atoms with E-state index in [1.165, 1.54) is 32.5 Å². The Morgan fingerprint density at radius 1 is 1.08 bits per heavy atom.